The minimum atomic E-state index is -1.06. The summed E-state index contributed by atoms with van der Waals surface area (Å²) in [7, 11) is 0. The first kappa shape index (κ1) is 19.6. The number of fused-ring (bicyclic) bond motifs is 1. The second kappa shape index (κ2) is 8.07. The third kappa shape index (κ3) is 3.54. The van der Waals surface area contributed by atoms with Gasteiger partial charge in [-0.05, 0) is 24.1 Å². The van der Waals surface area contributed by atoms with Crippen molar-refractivity contribution in [2.75, 3.05) is 5.32 Å². The molecule has 1 aromatic carbocycles. The molecule has 0 unspecified atom stereocenters. The number of nitrogens with one attached hydrogen (secondary N) is 1. The topological polar surface area (TPSA) is 105 Å². The van der Waals surface area contributed by atoms with E-state index >= 15 is 0 Å². The summed E-state index contributed by atoms with van der Waals surface area (Å²) in [6.45, 7) is 2.30. The SMILES string of the molecule is C[C@H]1O[C@@H](n2cc(-c3ccccc3)c3c(NCc4cccnc4)ncnc32)[C@H](O)[C@@H]1O. The Labute approximate surface area is 179 Å². The average Bonchev–Trinajstić information content (AvgIpc) is 3.32. The van der Waals surface area contributed by atoms with Crippen LogP contribution in [0.3, 0.4) is 0 Å². The number of aromatic nitrogens is 4. The molecule has 1 fully saturated rings. The number of aliphatic hydroxyl groups excluding tert-OH is 2. The maximum absolute atomic E-state index is 10.6. The van der Waals surface area contributed by atoms with Crippen molar-refractivity contribution in [1.29, 1.82) is 0 Å². The first-order chi connectivity index (χ1) is 15.1. The number of hydrogen-bond acceptors (Lipinski definition) is 7. The summed E-state index contributed by atoms with van der Waals surface area (Å²) >= 11 is 0. The predicted molar refractivity (Wildman–Crippen MR) is 116 cm³/mol. The van der Waals surface area contributed by atoms with E-state index in [0.717, 1.165) is 22.1 Å². The molecule has 3 aromatic heterocycles. The lowest BCUT2D eigenvalue weighted by Gasteiger charge is -2.17. The van der Waals surface area contributed by atoms with Crippen LogP contribution in [0.15, 0.2) is 67.4 Å². The quantitative estimate of drug-likeness (QED) is 0.458. The summed E-state index contributed by atoms with van der Waals surface area (Å²) in [5.74, 6) is 0.674. The molecule has 0 bridgehead atoms. The third-order valence-corrected chi connectivity index (χ3v) is 5.63. The largest absolute Gasteiger partial charge is 0.388 e. The third-order valence-electron chi connectivity index (χ3n) is 5.63. The summed E-state index contributed by atoms with van der Waals surface area (Å²) in [6, 6.07) is 13.8. The van der Waals surface area contributed by atoms with Crippen molar-refractivity contribution in [2.45, 2.75) is 38.0 Å². The van der Waals surface area contributed by atoms with Crippen LogP contribution in [0, 0.1) is 0 Å². The number of pyridine rings is 1. The summed E-state index contributed by atoms with van der Waals surface area (Å²) in [5, 5.41) is 25.0. The van der Waals surface area contributed by atoms with E-state index in [4.69, 9.17) is 4.74 Å². The molecule has 3 N–H and O–H groups in total. The van der Waals surface area contributed by atoms with Crippen molar-refractivity contribution in [3.8, 4) is 11.1 Å². The zero-order valence-corrected chi connectivity index (χ0v) is 17.0. The Hall–Kier alpha value is -3.33. The molecular formula is C23H23N5O3. The highest BCUT2D eigenvalue weighted by atomic mass is 16.6. The summed E-state index contributed by atoms with van der Waals surface area (Å²) in [4.78, 5) is 13.1. The highest BCUT2D eigenvalue weighted by Crippen LogP contribution is 2.38. The first-order valence-corrected chi connectivity index (χ1v) is 10.2. The molecule has 1 aliphatic rings. The zero-order valence-electron chi connectivity index (χ0n) is 17.0. The van der Waals surface area contributed by atoms with Gasteiger partial charge in [0.25, 0.3) is 0 Å². The minimum absolute atomic E-state index is 0.484. The minimum Gasteiger partial charge on any atom is -0.388 e. The number of anilines is 1. The average molecular weight is 417 g/mol. The van der Waals surface area contributed by atoms with E-state index < -0.39 is 24.5 Å². The van der Waals surface area contributed by atoms with Gasteiger partial charge in [-0.1, -0.05) is 36.4 Å². The lowest BCUT2D eigenvalue weighted by molar-refractivity contribution is -0.0295. The van der Waals surface area contributed by atoms with Gasteiger partial charge in [0.2, 0.25) is 0 Å². The number of ether oxygens (including phenoxy) is 1. The standard InChI is InChI=1S/C23H23N5O3/c1-14-19(29)20(30)23(31-14)28-12-17(16-7-3-2-4-8-16)18-21(26-13-27-22(18)28)25-11-15-6-5-9-24-10-15/h2-10,12-14,19-20,23,29-30H,11H2,1H3,(H,25,26,27)/t14-,19-,20-,23-/m1/s1. The van der Waals surface area contributed by atoms with Gasteiger partial charge < -0.3 is 24.8 Å². The molecule has 1 aliphatic heterocycles. The molecule has 0 amide bonds. The van der Waals surface area contributed by atoms with Crippen molar-refractivity contribution >= 4 is 16.9 Å². The van der Waals surface area contributed by atoms with Gasteiger partial charge in [0.1, 0.15) is 30.0 Å². The monoisotopic (exact) mass is 417 g/mol. The fourth-order valence-corrected chi connectivity index (χ4v) is 4.00. The summed E-state index contributed by atoms with van der Waals surface area (Å²) < 4.78 is 7.66. The number of nitrogens with zero attached hydrogens (tertiary/aromatic N) is 4. The van der Waals surface area contributed by atoms with Crippen molar-refractivity contribution in [1.82, 2.24) is 19.5 Å². The van der Waals surface area contributed by atoms with E-state index in [-0.39, 0.29) is 0 Å². The molecule has 158 valence electrons. The lowest BCUT2D eigenvalue weighted by Crippen LogP contribution is -2.30. The van der Waals surface area contributed by atoms with E-state index in [0.29, 0.717) is 18.0 Å². The van der Waals surface area contributed by atoms with Crippen LogP contribution in [-0.2, 0) is 11.3 Å². The highest BCUT2D eigenvalue weighted by Gasteiger charge is 2.42. The van der Waals surface area contributed by atoms with E-state index in [1.165, 1.54) is 6.33 Å². The normalized spacial score (nSPS) is 23.3. The van der Waals surface area contributed by atoms with Gasteiger partial charge >= 0.3 is 0 Å². The molecule has 8 nitrogen and oxygen atoms in total. The number of aliphatic hydroxyl groups is 2. The molecule has 0 saturated carbocycles. The Balaban J connectivity index is 1.63. The molecule has 4 atom stereocenters. The van der Waals surface area contributed by atoms with Gasteiger partial charge in [0.05, 0.1) is 11.5 Å². The van der Waals surface area contributed by atoms with Crippen molar-refractivity contribution in [2.24, 2.45) is 0 Å². The van der Waals surface area contributed by atoms with Crippen LogP contribution in [0.25, 0.3) is 22.2 Å². The van der Waals surface area contributed by atoms with Crippen LogP contribution in [0.4, 0.5) is 5.82 Å². The Morgan fingerprint density at radius 3 is 2.61 bits per heavy atom. The molecule has 4 aromatic rings. The Kier molecular flexibility index (Phi) is 5.11. The van der Waals surface area contributed by atoms with E-state index in [2.05, 4.69) is 20.3 Å². The van der Waals surface area contributed by atoms with Crippen LogP contribution in [-0.4, -0.2) is 48.0 Å². The van der Waals surface area contributed by atoms with E-state index in [1.54, 1.807) is 23.9 Å². The molecule has 4 heterocycles. The van der Waals surface area contributed by atoms with Gasteiger partial charge in [-0.25, -0.2) is 9.97 Å². The van der Waals surface area contributed by atoms with Gasteiger partial charge in [0, 0.05) is 30.7 Å². The number of hydrogen-bond donors (Lipinski definition) is 3. The Bertz CT molecular complexity index is 1180. The van der Waals surface area contributed by atoms with E-state index in [9.17, 15) is 10.2 Å². The van der Waals surface area contributed by atoms with Crippen molar-refractivity contribution < 1.29 is 14.9 Å². The van der Waals surface area contributed by atoms with Crippen LogP contribution in [0.1, 0.15) is 18.7 Å². The number of rotatable bonds is 5. The molecule has 1 saturated heterocycles. The molecule has 0 radical (unpaired) electrons. The lowest BCUT2D eigenvalue weighted by atomic mass is 10.1. The number of benzene rings is 1. The first-order valence-electron chi connectivity index (χ1n) is 10.2. The van der Waals surface area contributed by atoms with Crippen molar-refractivity contribution in [3.05, 3.63) is 72.9 Å². The fourth-order valence-electron chi connectivity index (χ4n) is 4.00. The van der Waals surface area contributed by atoms with Gasteiger partial charge in [-0.15, -0.1) is 0 Å². The molecule has 8 heteroatoms. The maximum atomic E-state index is 10.6. The van der Waals surface area contributed by atoms with Gasteiger partial charge in [0.15, 0.2) is 6.23 Å². The van der Waals surface area contributed by atoms with Crippen LogP contribution in [0.5, 0.6) is 0 Å². The smallest absolute Gasteiger partial charge is 0.164 e. The molecule has 5 rings (SSSR count). The van der Waals surface area contributed by atoms with Gasteiger partial charge in [-0.2, -0.15) is 0 Å². The molecule has 0 aliphatic carbocycles. The predicted octanol–water partition coefficient (Wildman–Crippen LogP) is 2.74. The van der Waals surface area contributed by atoms with Crippen molar-refractivity contribution in [3.63, 3.8) is 0 Å². The maximum Gasteiger partial charge on any atom is 0.164 e. The zero-order chi connectivity index (χ0) is 21.4. The summed E-state index contributed by atoms with van der Waals surface area (Å²) in [6.07, 6.45) is 3.68. The summed E-state index contributed by atoms with van der Waals surface area (Å²) in [5.41, 5.74) is 3.55. The molecule has 31 heavy (non-hydrogen) atoms. The molecular weight excluding hydrogens is 394 g/mol. The van der Waals surface area contributed by atoms with Crippen LogP contribution >= 0.6 is 0 Å². The van der Waals surface area contributed by atoms with E-state index in [1.807, 2.05) is 48.7 Å². The van der Waals surface area contributed by atoms with Gasteiger partial charge in [-0.3, -0.25) is 4.98 Å². The second-order valence-corrected chi connectivity index (χ2v) is 7.66. The van der Waals surface area contributed by atoms with Crippen LogP contribution < -0.4 is 5.32 Å². The Morgan fingerprint density at radius 2 is 1.90 bits per heavy atom. The Morgan fingerprint density at radius 1 is 1.06 bits per heavy atom. The second-order valence-electron chi connectivity index (χ2n) is 7.66. The fraction of sp³-hybridized carbons (Fsp3) is 0.261. The molecule has 0 spiro atoms. The highest BCUT2D eigenvalue weighted by molar-refractivity contribution is 6.01. The van der Waals surface area contributed by atoms with Crippen LogP contribution in [0.2, 0.25) is 0 Å².